The molecule has 0 aliphatic carbocycles. The first-order valence-electron chi connectivity index (χ1n) is 5.99. The molecule has 0 heterocycles. The molecule has 0 amide bonds. The number of aromatic carboxylic acids is 1. The molecule has 110 valence electrons. The molecule has 0 aromatic heterocycles. The Kier molecular flexibility index (Phi) is 4.07. The second-order valence-electron chi connectivity index (χ2n) is 4.21. The number of rotatable bonds is 4. The molecule has 6 heteroatoms. The zero-order valence-electron chi connectivity index (χ0n) is 11.3. The van der Waals surface area contributed by atoms with Crippen LogP contribution in [-0.2, 0) is 0 Å². The predicted molar refractivity (Wildman–Crippen MR) is 71.1 cm³/mol. The number of benzene rings is 2. The van der Waals surface area contributed by atoms with Crippen LogP contribution in [0.3, 0.4) is 0 Å². The zero-order chi connectivity index (χ0) is 15.6. The lowest BCUT2D eigenvalue weighted by molar-refractivity contribution is 0.0686. The third kappa shape index (κ3) is 2.65. The Morgan fingerprint density at radius 1 is 1.10 bits per heavy atom. The Balaban J connectivity index is 2.62. The maximum absolute atomic E-state index is 14.3. The summed E-state index contributed by atoms with van der Waals surface area (Å²) < 4.78 is 38.5. The van der Waals surface area contributed by atoms with Crippen molar-refractivity contribution in [2.75, 3.05) is 7.11 Å². The van der Waals surface area contributed by atoms with E-state index in [1.54, 1.807) is 30.3 Å². The summed E-state index contributed by atoms with van der Waals surface area (Å²) >= 11 is 0. The predicted octanol–water partition coefficient (Wildman–Crippen LogP) is 3.77. The molecule has 0 aliphatic heterocycles. The fourth-order valence-corrected chi connectivity index (χ4v) is 1.87. The van der Waals surface area contributed by atoms with Crippen molar-refractivity contribution in [3.63, 3.8) is 0 Å². The minimum absolute atomic E-state index is 0.241. The van der Waals surface area contributed by atoms with Gasteiger partial charge in [0.25, 0.3) is 0 Å². The topological polar surface area (TPSA) is 55.8 Å². The van der Waals surface area contributed by atoms with E-state index < -0.39 is 34.7 Å². The van der Waals surface area contributed by atoms with Gasteiger partial charge in [-0.3, -0.25) is 0 Å². The zero-order valence-corrected chi connectivity index (χ0v) is 11.3. The Labute approximate surface area is 119 Å². The number of hydrogen-bond donors (Lipinski definition) is 1. The lowest BCUT2D eigenvalue weighted by Gasteiger charge is -2.15. The largest absolute Gasteiger partial charge is 0.493 e. The quantitative estimate of drug-likeness (QED) is 0.932. The van der Waals surface area contributed by atoms with E-state index >= 15 is 0 Å². The summed E-state index contributed by atoms with van der Waals surface area (Å²) in [5, 5.41) is 8.98. The summed E-state index contributed by atoms with van der Waals surface area (Å²) in [6, 6.07) is 8.21. The smallest absolute Gasteiger partial charge is 0.342 e. The Morgan fingerprint density at radius 3 is 2.24 bits per heavy atom. The van der Waals surface area contributed by atoms with Crippen LogP contribution in [0.15, 0.2) is 30.3 Å². The molecule has 0 aliphatic rings. The number of halogens is 2. The normalized spacial score (nSPS) is 10.3. The molecule has 0 radical (unpaired) electrons. The van der Waals surface area contributed by atoms with Crippen LogP contribution < -0.4 is 9.47 Å². The third-order valence-corrected chi connectivity index (χ3v) is 2.90. The highest BCUT2D eigenvalue weighted by molar-refractivity contribution is 5.92. The van der Waals surface area contributed by atoms with Gasteiger partial charge in [0.05, 0.1) is 7.11 Å². The summed E-state index contributed by atoms with van der Waals surface area (Å²) in [6.45, 7) is 1.24. The van der Waals surface area contributed by atoms with Gasteiger partial charge in [-0.05, 0) is 19.1 Å². The van der Waals surface area contributed by atoms with Gasteiger partial charge in [0.2, 0.25) is 5.82 Å². The number of methoxy groups -OCH3 is 1. The SMILES string of the molecule is COc1c(F)c(Oc2ccccc2)c(C)c(F)c1C(=O)O. The summed E-state index contributed by atoms with van der Waals surface area (Å²) in [5.74, 6) is -4.57. The van der Waals surface area contributed by atoms with Crippen LogP contribution in [0.4, 0.5) is 8.78 Å². The van der Waals surface area contributed by atoms with E-state index in [1.807, 2.05) is 0 Å². The summed E-state index contributed by atoms with van der Waals surface area (Å²) in [4.78, 5) is 11.0. The van der Waals surface area contributed by atoms with Gasteiger partial charge < -0.3 is 14.6 Å². The minimum Gasteiger partial charge on any atom is -0.493 e. The maximum atomic E-state index is 14.3. The minimum atomic E-state index is -1.61. The molecule has 0 spiro atoms. The molecule has 2 aromatic rings. The average molecular weight is 294 g/mol. The summed E-state index contributed by atoms with van der Waals surface area (Å²) in [5.41, 5.74) is -1.09. The molecular weight excluding hydrogens is 282 g/mol. The van der Waals surface area contributed by atoms with Crippen LogP contribution in [0.1, 0.15) is 15.9 Å². The van der Waals surface area contributed by atoms with Gasteiger partial charge in [-0.2, -0.15) is 4.39 Å². The highest BCUT2D eigenvalue weighted by Gasteiger charge is 2.28. The van der Waals surface area contributed by atoms with Gasteiger partial charge in [0.15, 0.2) is 11.5 Å². The van der Waals surface area contributed by atoms with Gasteiger partial charge in [-0.1, -0.05) is 18.2 Å². The Bertz CT molecular complexity index is 684. The summed E-state index contributed by atoms with van der Waals surface area (Å²) in [7, 11) is 1.06. The first-order chi connectivity index (χ1) is 9.97. The van der Waals surface area contributed by atoms with Crippen molar-refractivity contribution < 1.29 is 28.2 Å². The molecule has 0 fully saturated rings. The van der Waals surface area contributed by atoms with E-state index in [-0.39, 0.29) is 5.56 Å². The molecule has 4 nitrogen and oxygen atoms in total. The van der Waals surface area contributed by atoms with Crippen molar-refractivity contribution in [2.45, 2.75) is 6.92 Å². The molecule has 1 N–H and O–H groups in total. The van der Waals surface area contributed by atoms with E-state index in [0.29, 0.717) is 5.75 Å². The molecule has 2 aromatic carbocycles. The van der Waals surface area contributed by atoms with E-state index in [4.69, 9.17) is 9.84 Å². The van der Waals surface area contributed by atoms with Crippen molar-refractivity contribution in [3.8, 4) is 17.2 Å². The Hall–Kier alpha value is -2.63. The molecule has 0 unspecified atom stereocenters. The van der Waals surface area contributed by atoms with Crippen LogP contribution >= 0.6 is 0 Å². The lowest BCUT2D eigenvalue weighted by Crippen LogP contribution is -2.09. The number of carboxylic acids is 1. The molecule has 21 heavy (non-hydrogen) atoms. The molecule has 0 saturated carbocycles. The van der Waals surface area contributed by atoms with Gasteiger partial charge in [0.1, 0.15) is 17.1 Å². The molecular formula is C15H12F2O4. The van der Waals surface area contributed by atoms with Crippen molar-refractivity contribution >= 4 is 5.97 Å². The van der Waals surface area contributed by atoms with Crippen LogP contribution in [0.2, 0.25) is 0 Å². The van der Waals surface area contributed by atoms with E-state index in [2.05, 4.69) is 4.74 Å². The van der Waals surface area contributed by atoms with Gasteiger partial charge in [-0.15, -0.1) is 0 Å². The van der Waals surface area contributed by atoms with Gasteiger partial charge in [0, 0.05) is 5.56 Å². The van der Waals surface area contributed by atoms with Crippen molar-refractivity contribution in [2.24, 2.45) is 0 Å². The highest BCUT2D eigenvalue weighted by Crippen LogP contribution is 2.38. The molecule has 0 saturated heterocycles. The maximum Gasteiger partial charge on any atom is 0.342 e. The van der Waals surface area contributed by atoms with Crippen LogP contribution in [0, 0.1) is 18.6 Å². The van der Waals surface area contributed by atoms with Crippen LogP contribution in [0.25, 0.3) is 0 Å². The molecule has 2 rings (SSSR count). The number of carbonyl (C=O) groups is 1. The number of ether oxygens (including phenoxy) is 2. The van der Waals surface area contributed by atoms with Crippen LogP contribution in [-0.4, -0.2) is 18.2 Å². The van der Waals surface area contributed by atoms with Gasteiger partial charge >= 0.3 is 5.97 Å². The van der Waals surface area contributed by atoms with Crippen LogP contribution in [0.5, 0.6) is 17.2 Å². The first-order valence-corrected chi connectivity index (χ1v) is 5.99. The fraction of sp³-hybridized carbons (Fsp3) is 0.133. The van der Waals surface area contributed by atoms with Crippen molar-refractivity contribution in [1.29, 1.82) is 0 Å². The number of para-hydroxylation sites is 1. The first kappa shape index (κ1) is 14.8. The third-order valence-electron chi connectivity index (χ3n) is 2.90. The standard InChI is InChI=1S/C15H12F2O4/c1-8-11(16)10(15(18)19)14(20-2)12(17)13(8)21-9-6-4-3-5-7-9/h3-7H,1-2H3,(H,18,19). The van der Waals surface area contributed by atoms with Crippen molar-refractivity contribution in [3.05, 3.63) is 53.1 Å². The van der Waals surface area contributed by atoms with Gasteiger partial charge in [-0.25, -0.2) is 9.18 Å². The molecule has 0 atom stereocenters. The monoisotopic (exact) mass is 294 g/mol. The number of carboxylic acid groups (broad SMARTS) is 1. The van der Waals surface area contributed by atoms with E-state index in [0.717, 1.165) is 7.11 Å². The fourth-order valence-electron chi connectivity index (χ4n) is 1.87. The van der Waals surface area contributed by atoms with E-state index in [9.17, 15) is 13.6 Å². The van der Waals surface area contributed by atoms with Crippen molar-refractivity contribution in [1.82, 2.24) is 0 Å². The summed E-state index contributed by atoms with van der Waals surface area (Å²) in [6.07, 6.45) is 0. The average Bonchev–Trinajstić information content (AvgIpc) is 2.47. The molecule has 0 bridgehead atoms. The highest BCUT2D eigenvalue weighted by atomic mass is 19.1. The second-order valence-corrected chi connectivity index (χ2v) is 4.21. The van der Waals surface area contributed by atoms with E-state index in [1.165, 1.54) is 6.92 Å². The lowest BCUT2D eigenvalue weighted by atomic mass is 10.1. The number of hydrogen-bond acceptors (Lipinski definition) is 3. The second kappa shape index (κ2) is 5.78. The Morgan fingerprint density at radius 2 is 1.71 bits per heavy atom.